The summed E-state index contributed by atoms with van der Waals surface area (Å²) in [5.41, 5.74) is 2.46. The second kappa shape index (κ2) is 8.21. The number of halogens is 1. The van der Waals surface area contributed by atoms with Crippen LogP contribution in [0.2, 0.25) is 0 Å². The lowest BCUT2D eigenvalue weighted by Gasteiger charge is -2.32. The Morgan fingerprint density at radius 2 is 2.07 bits per heavy atom. The molecule has 1 N–H and O–H groups in total. The first-order valence-corrected chi connectivity index (χ1v) is 9.87. The van der Waals surface area contributed by atoms with Crippen LogP contribution in [0.1, 0.15) is 23.2 Å². The number of methoxy groups -OCH3 is 1. The van der Waals surface area contributed by atoms with Crippen molar-refractivity contribution in [1.82, 2.24) is 4.90 Å². The van der Waals surface area contributed by atoms with Crippen molar-refractivity contribution in [2.75, 3.05) is 26.8 Å². The van der Waals surface area contributed by atoms with E-state index in [0.29, 0.717) is 12.1 Å². The summed E-state index contributed by atoms with van der Waals surface area (Å²) in [5.74, 6) is -0.0333. The van der Waals surface area contributed by atoms with Gasteiger partial charge < -0.3 is 14.7 Å². The molecule has 29 heavy (non-hydrogen) atoms. The number of rotatable bonds is 4. The van der Waals surface area contributed by atoms with E-state index in [-0.39, 0.29) is 24.2 Å². The zero-order valence-electron chi connectivity index (χ0n) is 16.4. The third-order valence-corrected chi connectivity index (χ3v) is 5.65. The number of benzene rings is 3. The summed E-state index contributed by atoms with van der Waals surface area (Å²) in [4.78, 5) is 14.8. The molecule has 1 aliphatic heterocycles. The number of aliphatic hydroxyl groups is 1. The average molecular weight is 393 g/mol. The van der Waals surface area contributed by atoms with Gasteiger partial charge >= 0.3 is 0 Å². The van der Waals surface area contributed by atoms with E-state index in [1.54, 1.807) is 12.1 Å². The highest BCUT2D eigenvalue weighted by Gasteiger charge is 2.24. The molecule has 0 aliphatic carbocycles. The van der Waals surface area contributed by atoms with Crippen LogP contribution >= 0.6 is 0 Å². The molecule has 4 nitrogen and oxygen atoms in total. The predicted octanol–water partition coefficient (Wildman–Crippen LogP) is 4.50. The maximum absolute atomic E-state index is 13.8. The summed E-state index contributed by atoms with van der Waals surface area (Å²) in [5, 5.41) is 11.4. The molecule has 3 aromatic rings. The molecule has 3 aromatic carbocycles. The number of amides is 1. The van der Waals surface area contributed by atoms with Crippen molar-refractivity contribution in [3.05, 3.63) is 66.0 Å². The molecule has 0 aromatic heterocycles. The highest BCUT2D eigenvalue weighted by atomic mass is 19.1. The van der Waals surface area contributed by atoms with Gasteiger partial charge in [0.1, 0.15) is 0 Å². The third kappa shape index (κ3) is 3.83. The zero-order chi connectivity index (χ0) is 20.4. The Kier molecular flexibility index (Phi) is 5.49. The van der Waals surface area contributed by atoms with Crippen LogP contribution < -0.4 is 4.74 Å². The standard InChI is InChI=1S/C24H24FNO3/c1-29-23-13-18(8-10-22(23)25)20-6-2-5-17-12-19(7-9-21(17)20)24(28)26-11-3-4-16(14-26)15-27/h2,5-10,12-13,16,27H,3-4,11,14-15H2,1H3. The molecule has 0 spiro atoms. The van der Waals surface area contributed by atoms with Crippen molar-refractivity contribution in [2.45, 2.75) is 12.8 Å². The maximum atomic E-state index is 13.8. The highest BCUT2D eigenvalue weighted by molar-refractivity contribution is 6.02. The molecule has 0 radical (unpaired) electrons. The normalized spacial score (nSPS) is 16.8. The van der Waals surface area contributed by atoms with E-state index >= 15 is 0 Å². The van der Waals surface area contributed by atoms with Crippen molar-refractivity contribution in [3.63, 3.8) is 0 Å². The minimum Gasteiger partial charge on any atom is -0.494 e. The topological polar surface area (TPSA) is 49.8 Å². The summed E-state index contributed by atoms with van der Waals surface area (Å²) < 4.78 is 18.9. The van der Waals surface area contributed by atoms with E-state index in [1.807, 2.05) is 41.3 Å². The summed E-state index contributed by atoms with van der Waals surface area (Å²) >= 11 is 0. The van der Waals surface area contributed by atoms with Crippen LogP contribution in [-0.2, 0) is 0 Å². The van der Waals surface area contributed by atoms with Crippen molar-refractivity contribution >= 4 is 16.7 Å². The molecule has 150 valence electrons. The van der Waals surface area contributed by atoms with Crippen LogP contribution in [0.3, 0.4) is 0 Å². The number of nitrogens with zero attached hydrogens (tertiary/aromatic N) is 1. The number of fused-ring (bicyclic) bond motifs is 1. The first-order chi connectivity index (χ1) is 14.1. The van der Waals surface area contributed by atoms with Crippen LogP contribution in [0, 0.1) is 11.7 Å². The lowest BCUT2D eigenvalue weighted by Crippen LogP contribution is -2.40. The van der Waals surface area contributed by atoms with Gasteiger partial charge in [-0.15, -0.1) is 0 Å². The molecule has 1 unspecified atom stereocenters. The van der Waals surface area contributed by atoms with E-state index < -0.39 is 5.82 Å². The number of piperidine rings is 1. The quantitative estimate of drug-likeness (QED) is 0.710. The number of ether oxygens (including phenoxy) is 1. The van der Waals surface area contributed by atoms with Crippen LogP contribution in [-0.4, -0.2) is 42.7 Å². The Bertz CT molecular complexity index is 1050. The summed E-state index contributed by atoms with van der Waals surface area (Å²) in [6, 6.07) is 16.4. The minimum atomic E-state index is -0.396. The Balaban J connectivity index is 1.68. The van der Waals surface area contributed by atoms with Gasteiger partial charge in [-0.25, -0.2) is 4.39 Å². The van der Waals surface area contributed by atoms with Gasteiger partial charge in [-0.05, 0) is 64.9 Å². The molecule has 1 atom stereocenters. The predicted molar refractivity (Wildman–Crippen MR) is 112 cm³/mol. The number of likely N-dealkylation sites (tertiary alicyclic amines) is 1. The van der Waals surface area contributed by atoms with Crippen molar-refractivity contribution < 1.29 is 19.0 Å². The van der Waals surface area contributed by atoms with Gasteiger partial charge in [0.25, 0.3) is 5.91 Å². The summed E-state index contributed by atoms with van der Waals surface area (Å²) in [6.07, 6.45) is 1.88. The first-order valence-electron chi connectivity index (χ1n) is 9.87. The molecule has 1 saturated heterocycles. The molecule has 1 fully saturated rings. The molecule has 1 aliphatic rings. The maximum Gasteiger partial charge on any atom is 0.253 e. The summed E-state index contributed by atoms with van der Waals surface area (Å²) in [6.45, 7) is 1.44. The van der Waals surface area contributed by atoms with Crippen LogP contribution in [0.5, 0.6) is 5.75 Å². The number of aliphatic hydroxyl groups excluding tert-OH is 1. The van der Waals surface area contributed by atoms with Crippen LogP contribution in [0.15, 0.2) is 54.6 Å². The monoisotopic (exact) mass is 393 g/mol. The van der Waals surface area contributed by atoms with Gasteiger partial charge in [-0.1, -0.05) is 30.3 Å². The van der Waals surface area contributed by atoms with Crippen molar-refractivity contribution in [3.8, 4) is 16.9 Å². The Hall–Kier alpha value is -2.92. The average Bonchev–Trinajstić information content (AvgIpc) is 2.78. The lowest BCUT2D eigenvalue weighted by atomic mass is 9.95. The Morgan fingerprint density at radius 3 is 2.86 bits per heavy atom. The SMILES string of the molecule is COc1cc(-c2cccc3cc(C(=O)N4CCCC(CO)C4)ccc23)ccc1F. The third-order valence-electron chi connectivity index (χ3n) is 5.65. The van der Waals surface area contributed by atoms with E-state index in [9.17, 15) is 14.3 Å². The molecule has 5 heteroatoms. The minimum absolute atomic E-state index is 0.00101. The van der Waals surface area contributed by atoms with Gasteiger partial charge in [-0.2, -0.15) is 0 Å². The van der Waals surface area contributed by atoms with Crippen LogP contribution in [0.4, 0.5) is 4.39 Å². The van der Waals surface area contributed by atoms with Gasteiger partial charge in [-0.3, -0.25) is 4.79 Å². The number of carbonyl (C=O) groups is 1. The molecular formula is C24H24FNO3. The lowest BCUT2D eigenvalue weighted by molar-refractivity contribution is 0.0621. The molecule has 0 bridgehead atoms. The fraction of sp³-hybridized carbons (Fsp3) is 0.292. The smallest absolute Gasteiger partial charge is 0.253 e. The molecule has 0 saturated carbocycles. The largest absolute Gasteiger partial charge is 0.494 e. The number of hydrogen-bond donors (Lipinski definition) is 1. The molecule has 4 rings (SSSR count). The van der Waals surface area contributed by atoms with Crippen LogP contribution in [0.25, 0.3) is 21.9 Å². The van der Waals surface area contributed by atoms with Gasteiger partial charge in [0.05, 0.1) is 7.11 Å². The Morgan fingerprint density at radius 1 is 1.21 bits per heavy atom. The van der Waals surface area contributed by atoms with Gasteiger partial charge in [0.2, 0.25) is 0 Å². The van der Waals surface area contributed by atoms with Gasteiger partial charge in [0, 0.05) is 25.3 Å². The van der Waals surface area contributed by atoms with Gasteiger partial charge in [0.15, 0.2) is 11.6 Å². The first kappa shape index (κ1) is 19.4. The number of hydrogen-bond acceptors (Lipinski definition) is 3. The fourth-order valence-corrected chi connectivity index (χ4v) is 4.08. The number of carbonyl (C=O) groups excluding carboxylic acids is 1. The van der Waals surface area contributed by atoms with E-state index in [1.165, 1.54) is 13.2 Å². The van der Waals surface area contributed by atoms with E-state index in [4.69, 9.17) is 4.74 Å². The highest BCUT2D eigenvalue weighted by Crippen LogP contribution is 2.32. The van der Waals surface area contributed by atoms with Crippen molar-refractivity contribution in [2.24, 2.45) is 5.92 Å². The second-order valence-electron chi connectivity index (χ2n) is 7.53. The molecule has 1 heterocycles. The molecule has 1 amide bonds. The molecular weight excluding hydrogens is 369 g/mol. The fourth-order valence-electron chi connectivity index (χ4n) is 4.08. The zero-order valence-corrected chi connectivity index (χ0v) is 16.4. The summed E-state index contributed by atoms with van der Waals surface area (Å²) in [7, 11) is 1.45. The second-order valence-corrected chi connectivity index (χ2v) is 7.53. The Labute approximate surface area is 169 Å². The van der Waals surface area contributed by atoms with E-state index in [0.717, 1.165) is 41.3 Å². The van der Waals surface area contributed by atoms with E-state index in [2.05, 4.69) is 0 Å². The van der Waals surface area contributed by atoms with Crippen molar-refractivity contribution in [1.29, 1.82) is 0 Å².